The molecule has 4 nitrogen and oxygen atoms in total. The van der Waals surface area contributed by atoms with Crippen LogP contribution in [0.4, 0.5) is 0 Å². The highest BCUT2D eigenvalue weighted by atomic mass is 16.5. The number of carbonyl (C=O) groups excluding carboxylic acids is 1. The van der Waals surface area contributed by atoms with E-state index in [-0.39, 0.29) is 12.0 Å². The molecule has 1 saturated carbocycles. The van der Waals surface area contributed by atoms with E-state index in [2.05, 4.69) is 4.98 Å². The maximum Gasteiger partial charge on any atom is 0.253 e. The van der Waals surface area contributed by atoms with Crippen molar-refractivity contribution in [1.29, 1.82) is 0 Å². The quantitative estimate of drug-likeness (QED) is 0.938. The largest absolute Gasteiger partial charge is 0.376 e. The Balaban J connectivity index is 1.41. The highest BCUT2D eigenvalue weighted by Crippen LogP contribution is 2.30. The number of fused-ring (bicyclic) bond motifs is 1. The molecule has 4 rings (SSSR count). The molecule has 2 aliphatic rings. The number of nitrogens with one attached hydrogen (secondary N) is 1. The molecule has 0 radical (unpaired) electrons. The molecule has 2 aromatic rings. The average Bonchev–Trinajstić information content (AvgIpc) is 3.03. The van der Waals surface area contributed by atoms with E-state index in [0.717, 1.165) is 48.5 Å². The van der Waals surface area contributed by atoms with Crippen LogP contribution in [-0.4, -0.2) is 41.6 Å². The van der Waals surface area contributed by atoms with Crippen LogP contribution in [0.25, 0.3) is 10.9 Å². The lowest BCUT2D eigenvalue weighted by Gasteiger charge is -2.17. The Morgan fingerprint density at radius 3 is 3.05 bits per heavy atom. The van der Waals surface area contributed by atoms with Gasteiger partial charge in [0.05, 0.1) is 6.10 Å². The number of aromatic amines is 1. The normalized spacial score (nSPS) is 22.1. The van der Waals surface area contributed by atoms with Crippen molar-refractivity contribution in [3.05, 3.63) is 36.0 Å². The lowest BCUT2D eigenvalue weighted by molar-refractivity contribution is 0.0480. The van der Waals surface area contributed by atoms with Gasteiger partial charge in [0.15, 0.2) is 0 Å². The fraction of sp³-hybridized carbons (Fsp3) is 0.471. The maximum absolute atomic E-state index is 12.6. The van der Waals surface area contributed by atoms with Crippen molar-refractivity contribution in [2.75, 3.05) is 19.7 Å². The molecule has 21 heavy (non-hydrogen) atoms. The average molecular weight is 284 g/mol. The standard InChI is InChI=1S/C17H20N2O2/c20-17(14-3-4-16-13(9-14)5-7-18-16)19-8-6-15(10-19)21-11-12-1-2-12/h3-5,7,9,12,15,18H,1-2,6,8,10-11H2. The SMILES string of the molecule is O=C(c1ccc2[nH]ccc2c1)N1CCC(OCC2CC2)C1. The van der Waals surface area contributed by atoms with Gasteiger partial charge in [-0.05, 0) is 49.4 Å². The summed E-state index contributed by atoms with van der Waals surface area (Å²) in [7, 11) is 0. The molecule has 1 saturated heterocycles. The third kappa shape index (κ3) is 2.68. The van der Waals surface area contributed by atoms with Crippen molar-refractivity contribution in [2.45, 2.75) is 25.4 Å². The van der Waals surface area contributed by atoms with Crippen LogP contribution < -0.4 is 0 Å². The minimum absolute atomic E-state index is 0.121. The predicted octanol–water partition coefficient (Wildman–Crippen LogP) is 2.81. The molecule has 1 aliphatic heterocycles. The smallest absolute Gasteiger partial charge is 0.253 e. The van der Waals surface area contributed by atoms with Crippen molar-refractivity contribution in [1.82, 2.24) is 9.88 Å². The number of nitrogens with zero attached hydrogens (tertiary/aromatic N) is 1. The van der Waals surface area contributed by atoms with E-state index in [1.165, 1.54) is 12.8 Å². The van der Waals surface area contributed by atoms with Gasteiger partial charge in [-0.3, -0.25) is 4.79 Å². The third-order valence-corrected chi connectivity index (χ3v) is 4.50. The molecule has 1 amide bonds. The molecule has 110 valence electrons. The lowest BCUT2D eigenvalue weighted by atomic mass is 10.1. The van der Waals surface area contributed by atoms with Gasteiger partial charge in [-0.15, -0.1) is 0 Å². The highest BCUT2D eigenvalue weighted by Gasteiger charge is 2.29. The summed E-state index contributed by atoms with van der Waals surface area (Å²) < 4.78 is 5.90. The molecular formula is C17H20N2O2. The van der Waals surface area contributed by atoms with Crippen molar-refractivity contribution < 1.29 is 9.53 Å². The van der Waals surface area contributed by atoms with Gasteiger partial charge in [-0.25, -0.2) is 0 Å². The number of ether oxygens (including phenoxy) is 1. The van der Waals surface area contributed by atoms with Gasteiger partial charge in [0.25, 0.3) is 5.91 Å². The number of aromatic nitrogens is 1. The Labute approximate surface area is 124 Å². The third-order valence-electron chi connectivity index (χ3n) is 4.50. The Bertz CT molecular complexity index is 660. The summed E-state index contributed by atoms with van der Waals surface area (Å²) in [5.74, 6) is 0.904. The molecular weight excluding hydrogens is 264 g/mol. The van der Waals surface area contributed by atoms with E-state index in [1.54, 1.807) is 0 Å². The Kier molecular flexibility index (Phi) is 3.19. The van der Waals surface area contributed by atoms with Crippen molar-refractivity contribution in [3.63, 3.8) is 0 Å². The molecule has 1 aromatic heterocycles. The number of hydrogen-bond donors (Lipinski definition) is 1. The summed E-state index contributed by atoms with van der Waals surface area (Å²) in [6, 6.07) is 7.84. The Morgan fingerprint density at radius 1 is 1.29 bits per heavy atom. The first-order valence-electron chi connectivity index (χ1n) is 7.77. The van der Waals surface area contributed by atoms with Crippen LogP contribution >= 0.6 is 0 Å². The van der Waals surface area contributed by atoms with Crippen LogP contribution in [0.5, 0.6) is 0 Å². The van der Waals surface area contributed by atoms with Crippen LogP contribution in [0.3, 0.4) is 0 Å². The molecule has 1 aromatic carbocycles. The number of rotatable bonds is 4. The van der Waals surface area contributed by atoms with E-state index < -0.39 is 0 Å². The van der Waals surface area contributed by atoms with Crippen LogP contribution in [0.2, 0.25) is 0 Å². The topological polar surface area (TPSA) is 45.3 Å². The first kappa shape index (κ1) is 12.9. The zero-order chi connectivity index (χ0) is 14.2. The molecule has 0 bridgehead atoms. The number of hydrogen-bond acceptors (Lipinski definition) is 2. The summed E-state index contributed by atoms with van der Waals surface area (Å²) in [5, 5.41) is 1.08. The fourth-order valence-corrected chi connectivity index (χ4v) is 2.97. The molecule has 0 spiro atoms. The molecule has 2 fully saturated rings. The zero-order valence-electron chi connectivity index (χ0n) is 12.0. The minimum Gasteiger partial charge on any atom is -0.376 e. The van der Waals surface area contributed by atoms with Gasteiger partial charge in [0, 0.05) is 42.4 Å². The number of H-pyrrole nitrogens is 1. The van der Waals surface area contributed by atoms with Crippen LogP contribution in [0, 0.1) is 5.92 Å². The number of likely N-dealkylation sites (tertiary alicyclic amines) is 1. The van der Waals surface area contributed by atoms with Gasteiger partial charge in [-0.1, -0.05) is 0 Å². The molecule has 1 atom stereocenters. The maximum atomic E-state index is 12.6. The summed E-state index contributed by atoms with van der Waals surface area (Å²) in [5.41, 5.74) is 1.84. The number of amides is 1. The van der Waals surface area contributed by atoms with Crippen LogP contribution in [-0.2, 0) is 4.74 Å². The van der Waals surface area contributed by atoms with E-state index in [9.17, 15) is 4.79 Å². The van der Waals surface area contributed by atoms with E-state index in [4.69, 9.17) is 4.74 Å². The molecule has 1 unspecified atom stereocenters. The van der Waals surface area contributed by atoms with Gasteiger partial charge in [-0.2, -0.15) is 0 Å². The minimum atomic E-state index is 0.121. The molecule has 4 heteroatoms. The highest BCUT2D eigenvalue weighted by molar-refractivity contribution is 5.98. The summed E-state index contributed by atoms with van der Waals surface area (Å²) in [6.45, 7) is 2.41. The molecule has 1 N–H and O–H groups in total. The number of carbonyl (C=O) groups is 1. The van der Waals surface area contributed by atoms with Crippen molar-refractivity contribution >= 4 is 16.8 Å². The summed E-state index contributed by atoms with van der Waals surface area (Å²) in [6.07, 6.45) is 5.71. The number of benzene rings is 1. The Hall–Kier alpha value is -1.81. The monoisotopic (exact) mass is 284 g/mol. The van der Waals surface area contributed by atoms with Gasteiger partial charge in [0.2, 0.25) is 0 Å². The first-order valence-corrected chi connectivity index (χ1v) is 7.77. The van der Waals surface area contributed by atoms with Gasteiger partial charge < -0.3 is 14.6 Å². The molecule has 1 aliphatic carbocycles. The van der Waals surface area contributed by atoms with Crippen molar-refractivity contribution in [3.8, 4) is 0 Å². The van der Waals surface area contributed by atoms with Crippen molar-refractivity contribution in [2.24, 2.45) is 5.92 Å². The second-order valence-electron chi connectivity index (χ2n) is 6.22. The van der Waals surface area contributed by atoms with E-state index in [1.807, 2.05) is 35.4 Å². The molecule has 2 heterocycles. The van der Waals surface area contributed by atoms with Crippen LogP contribution in [0.1, 0.15) is 29.6 Å². The summed E-state index contributed by atoms with van der Waals surface area (Å²) in [4.78, 5) is 17.6. The Morgan fingerprint density at radius 2 is 2.19 bits per heavy atom. The van der Waals surface area contributed by atoms with Gasteiger partial charge >= 0.3 is 0 Å². The fourth-order valence-electron chi connectivity index (χ4n) is 2.97. The van der Waals surface area contributed by atoms with Crippen LogP contribution in [0.15, 0.2) is 30.5 Å². The second kappa shape index (κ2) is 5.19. The lowest BCUT2D eigenvalue weighted by Crippen LogP contribution is -2.30. The first-order chi connectivity index (χ1) is 10.3. The second-order valence-corrected chi connectivity index (χ2v) is 6.22. The van der Waals surface area contributed by atoms with E-state index >= 15 is 0 Å². The van der Waals surface area contributed by atoms with E-state index in [0.29, 0.717) is 0 Å². The summed E-state index contributed by atoms with van der Waals surface area (Å²) >= 11 is 0. The zero-order valence-corrected chi connectivity index (χ0v) is 12.0. The predicted molar refractivity (Wildman–Crippen MR) is 81.3 cm³/mol. The van der Waals surface area contributed by atoms with Gasteiger partial charge in [0.1, 0.15) is 0 Å².